The fourth-order valence-electron chi connectivity index (χ4n) is 2.20. The molecule has 0 unspecified atom stereocenters. The molecule has 2 rings (SSSR count). The maximum atomic E-state index is 13.2. The first-order valence-corrected chi connectivity index (χ1v) is 8.13. The van der Waals surface area contributed by atoms with Gasteiger partial charge in [-0.2, -0.15) is 18.2 Å². The Balaban J connectivity index is 2.41. The van der Waals surface area contributed by atoms with Crippen LogP contribution >= 0.6 is 0 Å². The lowest BCUT2D eigenvalue weighted by molar-refractivity contribution is -0.141. The normalized spacial score (nSPS) is 11.1. The van der Waals surface area contributed by atoms with Gasteiger partial charge in [0.15, 0.2) is 5.69 Å². The van der Waals surface area contributed by atoms with Crippen LogP contribution in [0.15, 0.2) is 24.3 Å². The van der Waals surface area contributed by atoms with E-state index < -0.39 is 17.8 Å². The molecule has 1 aromatic carbocycles. The van der Waals surface area contributed by atoms with Gasteiger partial charge < -0.3 is 25.2 Å². The molecule has 0 saturated carbocycles. The number of ether oxygens (including phenoxy) is 2. The second-order valence-electron chi connectivity index (χ2n) is 5.50. The Kier molecular flexibility index (Phi) is 6.99. The molecule has 0 aliphatic heterocycles. The summed E-state index contributed by atoms with van der Waals surface area (Å²) in [5.41, 5.74) is -0.754. The number of esters is 1. The maximum absolute atomic E-state index is 13.2. The van der Waals surface area contributed by atoms with Gasteiger partial charge in [0, 0.05) is 19.2 Å². The molecule has 1 heterocycles. The Morgan fingerprint density at radius 3 is 2.57 bits per heavy atom. The number of benzene rings is 1. The minimum absolute atomic E-state index is 0.130. The molecule has 11 heteroatoms. The second-order valence-corrected chi connectivity index (χ2v) is 5.50. The van der Waals surface area contributed by atoms with Crippen LogP contribution in [0.25, 0.3) is 0 Å². The zero-order valence-corrected chi connectivity index (χ0v) is 15.1. The number of hydrogen-bond acceptors (Lipinski definition) is 8. The van der Waals surface area contributed by atoms with E-state index in [-0.39, 0.29) is 41.9 Å². The van der Waals surface area contributed by atoms with Crippen molar-refractivity contribution in [3.05, 3.63) is 35.5 Å². The number of aromatic nitrogens is 2. The molecule has 0 bridgehead atoms. The van der Waals surface area contributed by atoms with Crippen LogP contribution in [0.2, 0.25) is 0 Å². The summed E-state index contributed by atoms with van der Waals surface area (Å²) in [6.07, 6.45) is -4.37. The van der Waals surface area contributed by atoms with Gasteiger partial charge >= 0.3 is 12.1 Å². The van der Waals surface area contributed by atoms with E-state index in [1.807, 2.05) is 0 Å². The summed E-state index contributed by atoms with van der Waals surface area (Å²) in [7, 11) is 2.59. The van der Waals surface area contributed by atoms with E-state index in [2.05, 4.69) is 25.3 Å². The van der Waals surface area contributed by atoms with Crippen molar-refractivity contribution in [1.29, 1.82) is 0 Å². The summed E-state index contributed by atoms with van der Waals surface area (Å²) in [6.45, 7) is 0.0625. The van der Waals surface area contributed by atoms with Crippen molar-refractivity contribution in [3.63, 3.8) is 0 Å². The van der Waals surface area contributed by atoms with Gasteiger partial charge in [-0.25, -0.2) is 9.78 Å². The van der Waals surface area contributed by atoms with Gasteiger partial charge in [-0.3, -0.25) is 0 Å². The number of anilines is 3. The maximum Gasteiger partial charge on any atom is 0.433 e. The monoisotopic (exact) mass is 400 g/mol. The molecule has 0 atom stereocenters. The average Bonchev–Trinajstić information content (AvgIpc) is 2.66. The predicted molar refractivity (Wildman–Crippen MR) is 94.8 cm³/mol. The first-order chi connectivity index (χ1) is 13.3. The van der Waals surface area contributed by atoms with Gasteiger partial charge in [0.05, 0.1) is 25.5 Å². The SMILES string of the molecule is COC(=O)c1ccc(OC)c(Nc2cc(C(F)(F)F)nc(NCCCO)n2)c1. The smallest absolute Gasteiger partial charge is 0.433 e. The second kappa shape index (κ2) is 9.22. The zero-order chi connectivity index (χ0) is 20.7. The van der Waals surface area contributed by atoms with Crippen LogP contribution < -0.4 is 15.4 Å². The minimum atomic E-state index is -4.69. The number of carbonyl (C=O) groups is 1. The predicted octanol–water partition coefficient (Wildman–Crippen LogP) is 2.83. The molecule has 152 valence electrons. The third-order valence-electron chi connectivity index (χ3n) is 3.52. The molecular weight excluding hydrogens is 381 g/mol. The van der Waals surface area contributed by atoms with Crippen molar-refractivity contribution in [2.45, 2.75) is 12.6 Å². The summed E-state index contributed by atoms with van der Waals surface area (Å²) in [5, 5.41) is 14.1. The van der Waals surface area contributed by atoms with Gasteiger partial charge in [0.2, 0.25) is 5.95 Å². The molecule has 0 fully saturated rings. The largest absolute Gasteiger partial charge is 0.495 e. The van der Waals surface area contributed by atoms with E-state index >= 15 is 0 Å². The van der Waals surface area contributed by atoms with Gasteiger partial charge in [0.1, 0.15) is 11.6 Å². The lowest BCUT2D eigenvalue weighted by Gasteiger charge is -2.15. The van der Waals surface area contributed by atoms with Crippen LogP contribution in [-0.4, -0.2) is 48.4 Å². The highest BCUT2D eigenvalue weighted by atomic mass is 19.4. The van der Waals surface area contributed by atoms with Crippen LogP contribution in [0.3, 0.4) is 0 Å². The Morgan fingerprint density at radius 1 is 1.21 bits per heavy atom. The number of nitrogens with zero attached hydrogens (tertiary/aromatic N) is 2. The Bertz CT molecular complexity index is 831. The van der Waals surface area contributed by atoms with E-state index in [4.69, 9.17) is 9.84 Å². The van der Waals surface area contributed by atoms with E-state index in [1.165, 1.54) is 32.4 Å². The number of nitrogens with one attached hydrogen (secondary N) is 2. The van der Waals surface area contributed by atoms with E-state index in [0.29, 0.717) is 6.42 Å². The zero-order valence-electron chi connectivity index (χ0n) is 15.1. The Hall–Kier alpha value is -3.08. The summed E-state index contributed by atoms with van der Waals surface area (Å²) in [6, 6.07) is 5.04. The highest BCUT2D eigenvalue weighted by Crippen LogP contribution is 2.33. The average molecular weight is 400 g/mol. The molecule has 8 nitrogen and oxygen atoms in total. The molecule has 0 radical (unpaired) electrons. The lowest BCUT2D eigenvalue weighted by atomic mass is 10.2. The van der Waals surface area contributed by atoms with E-state index in [1.54, 1.807) is 0 Å². The van der Waals surface area contributed by atoms with Crippen molar-refractivity contribution in [3.8, 4) is 5.75 Å². The van der Waals surface area contributed by atoms with Crippen molar-refractivity contribution >= 4 is 23.4 Å². The Labute approximate surface area is 158 Å². The van der Waals surface area contributed by atoms with Crippen molar-refractivity contribution < 1.29 is 32.5 Å². The van der Waals surface area contributed by atoms with Crippen molar-refractivity contribution in [2.75, 3.05) is 38.0 Å². The van der Waals surface area contributed by atoms with E-state index in [0.717, 1.165) is 6.07 Å². The number of alkyl halides is 3. The molecule has 28 heavy (non-hydrogen) atoms. The van der Waals surface area contributed by atoms with Gasteiger partial charge in [-0.1, -0.05) is 0 Å². The standard InChI is InChI=1S/C17H19F3N4O4/c1-27-12-5-4-10(15(26)28-2)8-11(12)22-14-9-13(17(18,19)20)23-16(24-14)21-6-3-7-25/h4-5,8-9,25H,3,6-7H2,1-2H3,(H2,21,22,23,24). The van der Waals surface area contributed by atoms with Crippen LogP contribution in [-0.2, 0) is 10.9 Å². The van der Waals surface area contributed by atoms with E-state index in [9.17, 15) is 18.0 Å². The molecule has 1 aromatic heterocycles. The molecule has 0 aliphatic carbocycles. The van der Waals surface area contributed by atoms with Crippen LogP contribution in [0.5, 0.6) is 5.75 Å². The third kappa shape index (κ3) is 5.46. The number of hydrogen-bond donors (Lipinski definition) is 3. The van der Waals surface area contributed by atoms with Gasteiger partial charge in [-0.15, -0.1) is 0 Å². The summed E-state index contributed by atoms with van der Waals surface area (Å²) >= 11 is 0. The minimum Gasteiger partial charge on any atom is -0.495 e. The molecule has 0 aliphatic rings. The number of carbonyl (C=O) groups excluding carboxylic acids is 1. The molecule has 2 aromatic rings. The topological polar surface area (TPSA) is 106 Å². The number of methoxy groups -OCH3 is 2. The molecular formula is C17H19F3N4O4. The number of aliphatic hydroxyl groups excluding tert-OH is 1. The first kappa shape index (κ1) is 21.2. The quantitative estimate of drug-likeness (QED) is 0.459. The van der Waals surface area contributed by atoms with Crippen molar-refractivity contribution in [2.24, 2.45) is 0 Å². The Morgan fingerprint density at radius 2 is 1.96 bits per heavy atom. The van der Waals surface area contributed by atoms with Crippen LogP contribution in [0.1, 0.15) is 22.5 Å². The molecule has 0 spiro atoms. The number of halogens is 3. The highest BCUT2D eigenvalue weighted by Gasteiger charge is 2.34. The lowest BCUT2D eigenvalue weighted by Crippen LogP contribution is -2.14. The van der Waals surface area contributed by atoms with Gasteiger partial charge in [-0.05, 0) is 24.6 Å². The van der Waals surface area contributed by atoms with Crippen LogP contribution in [0, 0.1) is 0 Å². The fourth-order valence-corrected chi connectivity index (χ4v) is 2.20. The van der Waals surface area contributed by atoms with Gasteiger partial charge in [0.25, 0.3) is 0 Å². The number of aliphatic hydroxyl groups is 1. The summed E-state index contributed by atoms with van der Waals surface area (Å²) in [4.78, 5) is 19.2. The molecule has 3 N–H and O–H groups in total. The number of rotatable bonds is 8. The molecule has 0 amide bonds. The molecule has 0 saturated heterocycles. The summed E-state index contributed by atoms with van der Waals surface area (Å²) in [5.74, 6) is -0.742. The van der Waals surface area contributed by atoms with Crippen LogP contribution in [0.4, 0.5) is 30.6 Å². The first-order valence-electron chi connectivity index (χ1n) is 8.13. The van der Waals surface area contributed by atoms with Crippen molar-refractivity contribution in [1.82, 2.24) is 9.97 Å². The highest BCUT2D eigenvalue weighted by molar-refractivity contribution is 5.91. The fraction of sp³-hybridized carbons (Fsp3) is 0.353. The third-order valence-corrected chi connectivity index (χ3v) is 3.52. The summed E-state index contributed by atoms with van der Waals surface area (Å²) < 4.78 is 49.3.